The first kappa shape index (κ1) is 15.5. The molecule has 3 aromatic rings. The summed E-state index contributed by atoms with van der Waals surface area (Å²) >= 11 is 0. The first-order valence-electron chi connectivity index (χ1n) is 7.03. The number of nitrogens with one attached hydrogen (secondary N) is 2. The molecule has 2 aromatic heterocycles. The number of anilines is 1. The fraction of sp³-hybridized carbons (Fsp3) is 0.125. The maximum atomic E-state index is 12.5. The van der Waals surface area contributed by atoms with E-state index in [0.29, 0.717) is 16.7 Å². The number of rotatable bonds is 4. The number of carboxylic acids is 1. The molecule has 3 rings (SSSR count). The number of hydrogen-bond donors (Lipinski definition) is 3. The molecule has 0 aliphatic heterocycles. The average Bonchev–Trinajstić information content (AvgIpc) is 3.00. The molecule has 0 saturated heterocycles. The predicted octanol–water partition coefficient (Wildman–Crippen LogP) is 2.23. The Morgan fingerprint density at radius 1 is 1.29 bits per heavy atom. The number of aryl methyl sites for hydroxylation is 1. The summed E-state index contributed by atoms with van der Waals surface area (Å²) in [6, 6.07) is 6.15. The van der Waals surface area contributed by atoms with Crippen LogP contribution in [0.2, 0.25) is 0 Å². The van der Waals surface area contributed by atoms with Crippen LogP contribution in [0.4, 0.5) is 5.69 Å². The van der Waals surface area contributed by atoms with Crippen molar-refractivity contribution in [2.75, 3.05) is 12.4 Å². The third kappa shape index (κ3) is 2.65. The van der Waals surface area contributed by atoms with Crippen LogP contribution in [0.5, 0.6) is 5.75 Å². The SMILES string of the molecule is COc1ccc(NC(=O)c2n[nH]c3nccc(C)c23)cc1C(=O)O. The van der Waals surface area contributed by atoms with Gasteiger partial charge in [0.25, 0.3) is 5.91 Å². The summed E-state index contributed by atoms with van der Waals surface area (Å²) in [6.07, 6.45) is 1.63. The van der Waals surface area contributed by atoms with Crippen LogP contribution in [0.25, 0.3) is 11.0 Å². The Bertz CT molecular complexity index is 948. The molecule has 0 aliphatic rings. The monoisotopic (exact) mass is 326 g/mol. The van der Waals surface area contributed by atoms with E-state index < -0.39 is 11.9 Å². The van der Waals surface area contributed by atoms with Gasteiger partial charge in [0, 0.05) is 11.9 Å². The zero-order valence-electron chi connectivity index (χ0n) is 13.0. The molecule has 0 atom stereocenters. The molecule has 8 nitrogen and oxygen atoms in total. The molecule has 0 radical (unpaired) electrons. The highest BCUT2D eigenvalue weighted by Crippen LogP contribution is 2.24. The Kier molecular flexibility index (Phi) is 3.87. The zero-order chi connectivity index (χ0) is 17.3. The summed E-state index contributed by atoms with van der Waals surface area (Å²) in [5, 5.41) is 19.2. The van der Waals surface area contributed by atoms with Gasteiger partial charge in [-0.2, -0.15) is 5.10 Å². The molecule has 24 heavy (non-hydrogen) atoms. The van der Waals surface area contributed by atoms with Crippen LogP contribution in [-0.2, 0) is 0 Å². The molecular formula is C16H14N4O4. The summed E-state index contributed by atoms with van der Waals surface area (Å²) in [4.78, 5) is 27.8. The maximum Gasteiger partial charge on any atom is 0.339 e. The Morgan fingerprint density at radius 2 is 2.08 bits per heavy atom. The summed E-state index contributed by atoms with van der Waals surface area (Å²) in [6.45, 7) is 1.85. The number of aromatic carboxylic acids is 1. The largest absolute Gasteiger partial charge is 0.496 e. The molecule has 1 aromatic carbocycles. The second-order valence-corrected chi connectivity index (χ2v) is 5.10. The van der Waals surface area contributed by atoms with Crippen molar-refractivity contribution in [2.45, 2.75) is 6.92 Å². The van der Waals surface area contributed by atoms with Crippen molar-refractivity contribution in [2.24, 2.45) is 0 Å². The number of carbonyl (C=O) groups excluding carboxylic acids is 1. The minimum absolute atomic E-state index is 0.0416. The van der Waals surface area contributed by atoms with Crippen LogP contribution in [0, 0.1) is 6.92 Å². The number of aromatic nitrogens is 3. The van der Waals surface area contributed by atoms with Gasteiger partial charge in [-0.3, -0.25) is 9.89 Å². The van der Waals surface area contributed by atoms with E-state index in [1.807, 2.05) is 6.92 Å². The summed E-state index contributed by atoms with van der Waals surface area (Å²) in [7, 11) is 1.38. The number of methoxy groups -OCH3 is 1. The third-order valence-corrected chi connectivity index (χ3v) is 3.57. The van der Waals surface area contributed by atoms with E-state index in [2.05, 4.69) is 20.5 Å². The van der Waals surface area contributed by atoms with Gasteiger partial charge in [0.15, 0.2) is 11.3 Å². The molecule has 1 amide bonds. The number of nitrogens with zero attached hydrogens (tertiary/aromatic N) is 2. The Balaban J connectivity index is 1.95. The zero-order valence-corrected chi connectivity index (χ0v) is 13.0. The van der Waals surface area contributed by atoms with E-state index >= 15 is 0 Å². The van der Waals surface area contributed by atoms with E-state index in [-0.39, 0.29) is 17.0 Å². The van der Waals surface area contributed by atoms with E-state index in [0.717, 1.165) is 5.56 Å². The summed E-state index contributed by atoms with van der Waals surface area (Å²) in [5.74, 6) is -1.39. The van der Waals surface area contributed by atoms with Crippen molar-refractivity contribution in [3.63, 3.8) is 0 Å². The van der Waals surface area contributed by atoms with Gasteiger partial charge in [0.05, 0.1) is 12.5 Å². The van der Waals surface area contributed by atoms with Crippen LogP contribution in [0.15, 0.2) is 30.5 Å². The first-order chi connectivity index (χ1) is 11.5. The average molecular weight is 326 g/mol. The fourth-order valence-corrected chi connectivity index (χ4v) is 2.41. The van der Waals surface area contributed by atoms with Gasteiger partial charge in [-0.05, 0) is 36.8 Å². The number of carboxylic acid groups (broad SMARTS) is 1. The van der Waals surface area contributed by atoms with E-state index in [9.17, 15) is 14.7 Å². The molecule has 2 heterocycles. The number of benzene rings is 1. The van der Waals surface area contributed by atoms with E-state index in [4.69, 9.17) is 4.74 Å². The molecule has 0 bridgehead atoms. The quantitative estimate of drug-likeness (QED) is 0.677. The lowest BCUT2D eigenvalue weighted by atomic mass is 10.1. The molecule has 0 unspecified atom stereocenters. The summed E-state index contributed by atoms with van der Waals surface area (Å²) < 4.78 is 4.99. The second kappa shape index (κ2) is 5.99. The van der Waals surface area contributed by atoms with Gasteiger partial charge < -0.3 is 15.2 Å². The van der Waals surface area contributed by atoms with E-state index in [1.165, 1.54) is 19.2 Å². The Morgan fingerprint density at radius 3 is 2.79 bits per heavy atom. The number of hydrogen-bond acceptors (Lipinski definition) is 5. The van der Waals surface area contributed by atoms with Crippen molar-refractivity contribution < 1.29 is 19.4 Å². The molecule has 122 valence electrons. The number of carbonyl (C=O) groups is 2. The number of H-pyrrole nitrogens is 1. The van der Waals surface area contributed by atoms with Crippen LogP contribution in [0.3, 0.4) is 0 Å². The van der Waals surface area contributed by atoms with Crippen LogP contribution in [-0.4, -0.2) is 39.3 Å². The van der Waals surface area contributed by atoms with Crippen molar-refractivity contribution in [3.8, 4) is 5.75 Å². The molecule has 8 heteroatoms. The number of aromatic amines is 1. The van der Waals surface area contributed by atoms with Crippen molar-refractivity contribution in [1.82, 2.24) is 15.2 Å². The van der Waals surface area contributed by atoms with Gasteiger partial charge in [-0.1, -0.05) is 0 Å². The molecule has 0 fully saturated rings. The van der Waals surface area contributed by atoms with E-state index in [1.54, 1.807) is 18.3 Å². The van der Waals surface area contributed by atoms with Gasteiger partial charge in [0.2, 0.25) is 0 Å². The Labute approximate surface area is 136 Å². The number of ether oxygens (including phenoxy) is 1. The minimum atomic E-state index is -1.15. The Hall–Kier alpha value is -3.42. The molecule has 0 saturated carbocycles. The smallest absolute Gasteiger partial charge is 0.339 e. The number of amides is 1. The minimum Gasteiger partial charge on any atom is -0.496 e. The highest BCUT2D eigenvalue weighted by molar-refractivity contribution is 6.11. The van der Waals surface area contributed by atoms with Crippen LogP contribution in [0.1, 0.15) is 26.4 Å². The fourth-order valence-electron chi connectivity index (χ4n) is 2.41. The number of fused-ring (bicyclic) bond motifs is 1. The normalized spacial score (nSPS) is 10.6. The molecule has 0 aliphatic carbocycles. The topological polar surface area (TPSA) is 117 Å². The lowest BCUT2D eigenvalue weighted by Gasteiger charge is -2.08. The van der Waals surface area contributed by atoms with Crippen molar-refractivity contribution >= 4 is 28.6 Å². The molecule has 3 N–H and O–H groups in total. The van der Waals surface area contributed by atoms with Crippen molar-refractivity contribution in [1.29, 1.82) is 0 Å². The predicted molar refractivity (Wildman–Crippen MR) is 86.5 cm³/mol. The lowest BCUT2D eigenvalue weighted by molar-refractivity contribution is 0.0693. The molecule has 0 spiro atoms. The first-order valence-corrected chi connectivity index (χ1v) is 7.03. The van der Waals surface area contributed by atoms with Crippen molar-refractivity contribution in [3.05, 3.63) is 47.3 Å². The lowest BCUT2D eigenvalue weighted by Crippen LogP contribution is -2.14. The van der Waals surface area contributed by atoms with Crippen LogP contribution < -0.4 is 10.1 Å². The second-order valence-electron chi connectivity index (χ2n) is 5.10. The standard InChI is InChI=1S/C16H14N4O4/c1-8-5-6-17-14-12(8)13(19-20-14)15(21)18-9-3-4-11(24-2)10(7-9)16(22)23/h3-7H,1-2H3,(H,18,21)(H,22,23)(H,17,19,20). The summed E-state index contributed by atoms with van der Waals surface area (Å²) in [5.41, 5.74) is 1.86. The van der Waals surface area contributed by atoms with Crippen LogP contribution >= 0.6 is 0 Å². The number of pyridine rings is 1. The third-order valence-electron chi connectivity index (χ3n) is 3.57. The van der Waals surface area contributed by atoms with Gasteiger partial charge in [-0.15, -0.1) is 0 Å². The van der Waals surface area contributed by atoms with Gasteiger partial charge in [-0.25, -0.2) is 9.78 Å². The highest BCUT2D eigenvalue weighted by atomic mass is 16.5. The maximum absolute atomic E-state index is 12.5. The van der Waals surface area contributed by atoms with Gasteiger partial charge >= 0.3 is 5.97 Å². The van der Waals surface area contributed by atoms with Gasteiger partial charge in [0.1, 0.15) is 11.3 Å². The highest BCUT2D eigenvalue weighted by Gasteiger charge is 2.18. The molecular weight excluding hydrogens is 312 g/mol.